The van der Waals surface area contributed by atoms with Crippen molar-refractivity contribution >= 4 is 74.8 Å². The van der Waals surface area contributed by atoms with Gasteiger partial charge in [0, 0.05) is 4.88 Å². The molecule has 1 aromatic carbocycles. The van der Waals surface area contributed by atoms with E-state index in [1.807, 2.05) is 29.7 Å². The summed E-state index contributed by atoms with van der Waals surface area (Å²) in [5.41, 5.74) is 2.03. The molecule has 1 fully saturated rings. The van der Waals surface area contributed by atoms with E-state index in [9.17, 15) is 4.79 Å². The van der Waals surface area contributed by atoms with Crippen LogP contribution in [0.5, 0.6) is 0 Å². The first-order valence-corrected chi connectivity index (χ1v) is 8.68. The Labute approximate surface area is 145 Å². The molecule has 1 N–H and O–H groups in total. The Morgan fingerprint density at radius 3 is 2.62 bits per heavy atom. The summed E-state index contributed by atoms with van der Waals surface area (Å²) >= 11 is 19.7. The van der Waals surface area contributed by atoms with Gasteiger partial charge in [-0.15, -0.1) is 11.3 Å². The number of nitrogens with one attached hydrogen (secondary N) is 1. The molecule has 0 unspecified atom stereocenters. The highest BCUT2D eigenvalue weighted by Crippen LogP contribution is 2.33. The Morgan fingerprint density at radius 1 is 1.14 bits per heavy atom. The lowest BCUT2D eigenvalue weighted by Gasteiger charge is -2.00. The molecule has 0 bridgehead atoms. The molecule has 0 saturated carbocycles. The maximum absolute atomic E-state index is 11.6. The second-order valence-electron chi connectivity index (χ2n) is 4.22. The third kappa shape index (κ3) is 3.33. The van der Waals surface area contributed by atoms with Gasteiger partial charge in [-0.25, -0.2) is 0 Å². The number of amides is 1. The van der Waals surface area contributed by atoms with Gasteiger partial charge in [0.05, 0.1) is 15.0 Å². The third-order valence-corrected chi connectivity index (χ3v) is 5.57. The zero-order valence-corrected chi connectivity index (χ0v) is 14.3. The Hall–Kier alpha value is -0.850. The number of benzene rings is 1. The first-order chi connectivity index (χ1) is 10.0. The topological polar surface area (TPSA) is 29.1 Å². The summed E-state index contributed by atoms with van der Waals surface area (Å²) < 4.78 is 0.493. The van der Waals surface area contributed by atoms with Gasteiger partial charge in [0.15, 0.2) is 0 Å². The van der Waals surface area contributed by atoms with Crippen molar-refractivity contribution in [3.63, 3.8) is 0 Å². The third-order valence-electron chi connectivity index (χ3n) is 2.79. The minimum absolute atomic E-state index is 0.144. The van der Waals surface area contributed by atoms with E-state index in [1.54, 1.807) is 17.4 Å². The fraction of sp³-hybridized carbons (Fsp3) is 0. The van der Waals surface area contributed by atoms with Gasteiger partial charge < -0.3 is 5.32 Å². The van der Waals surface area contributed by atoms with Crippen LogP contribution >= 0.6 is 58.5 Å². The minimum atomic E-state index is -0.144. The van der Waals surface area contributed by atoms with Crippen LogP contribution < -0.4 is 5.32 Å². The van der Waals surface area contributed by atoms with Gasteiger partial charge in [0.1, 0.15) is 4.32 Å². The summed E-state index contributed by atoms with van der Waals surface area (Å²) in [6.45, 7) is 0. The van der Waals surface area contributed by atoms with Crippen molar-refractivity contribution in [3.05, 3.63) is 49.5 Å². The Morgan fingerprint density at radius 2 is 1.95 bits per heavy atom. The number of hydrogen-bond donors (Lipinski definition) is 1. The quantitative estimate of drug-likeness (QED) is 0.580. The van der Waals surface area contributed by atoms with E-state index in [0.29, 0.717) is 19.3 Å². The molecule has 1 aromatic heterocycles. The summed E-state index contributed by atoms with van der Waals surface area (Å²) in [5.74, 6) is -0.144. The molecule has 1 aliphatic heterocycles. The molecule has 1 aliphatic rings. The Bertz CT molecular complexity index is 782. The van der Waals surface area contributed by atoms with Crippen molar-refractivity contribution < 1.29 is 4.79 Å². The molecule has 21 heavy (non-hydrogen) atoms. The van der Waals surface area contributed by atoms with Gasteiger partial charge in [0.25, 0.3) is 5.91 Å². The van der Waals surface area contributed by atoms with Crippen molar-refractivity contribution in [2.75, 3.05) is 0 Å². The number of carbonyl (C=O) groups is 1. The average Bonchev–Trinajstić information content (AvgIpc) is 3.01. The summed E-state index contributed by atoms with van der Waals surface area (Å²) in [4.78, 5) is 13.2. The van der Waals surface area contributed by atoms with Crippen LogP contribution in [0.3, 0.4) is 0 Å². The second kappa shape index (κ2) is 6.10. The predicted octanol–water partition coefficient (Wildman–Crippen LogP) is 5.21. The monoisotopic (exact) mass is 371 g/mol. The average molecular weight is 372 g/mol. The number of thioether (sulfide) groups is 1. The van der Waals surface area contributed by atoms with Crippen molar-refractivity contribution in [1.29, 1.82) is 0 Å². The van der Waals surface area contributed by atoms with Crippen LogP contribution in [0, 0.1) is 0 Å². The molecule has 3 rings (SSSR count). The second-order valence-corrected chi connectivity index (χ2v) is 7.69. The Kier molecular flexibility index (Phi) is 4.38. The van der Waals surface area contributed by atoms with E-state index in [-0.39, 0.29) is 5.91 Å². The summed E-state index contributed by atoms with van der Waals surface area (Å²) in [5, 5.41) is 5.67. The maximum Gasteiger partial charge on any atom is 0.263 e. The summed E-state index contributed by atoms with van der Waals surface area (Å²) in [7, 11) is 0. The van der Waals surface area contributed by atoms with E-state index >= 15 is 0 Å². The predicted molar refractivity (Wildman–Crippen MR) is 96.1 cm³/mol. The van der Waals surface area contributed by atoms with Crippen LogP contribution in [0.1, 0.15) is 4.88 Å². The lowest BCUT2D eigenvalue weighted by molar-refractivity contribution is -0.115. The molecule has 0 atom stereocenters. The van der Waals surface area contributed by atoms with Gasteiger partial charge >= 0.3 is 0 Å². The van der Waals surface area contributed by atoms with Crippen molar-refractivity contribution in [2.45, 2.75) is 0 Å². The van der Waals surface area contributed by atoms with E-state index in [2.05, 4.69) is 5.32 Å². The summed E-state index contributed by atoms with van der Waals surface area (Å²) in [6, 6.07) is 7.52. The smallest absolute Gasteiger partial charge is 0.263 e. The molecule has 2 nitrogen and oxygen atoms in total. The van der Waals surface area contributed by atoms with Crippen LogP contribution in [0.15, 0.2) is 34.6 Å². The molecule has 0 radical (unpaired) electrons. The van der Waals surface area contributed by atoms with Gasteiger partial charge in [-0.1, -0.05) is 53.2 Å². The number of thiophene rings is 1. The largest absolute Gasteiger partial charge is 0.307 e. The SMILES string of the molecule is O=C1NC(=S)SC1=Cc1cc(-c2ccc(Cl)c(Cl)c2)cs1. The molecule has 0 spiro atoms. The molecule has 7 heteroatoms. The van der Waals surface area contributed by atoms with Crippen LogP contribution in [0.25, 0.3) is 17.2 Å². The zero-order valence-electron chi connectivity index (χ0n) is 10.4. The van der Waals surface area contributed by atoms with Crippen molar-refractivity contribution in [3.8, 4) is 11.1 Å². The highest BCUT2D eigenvalue weighted by Gasteiger charge is 2.22. The standard InChI is InChI=1S/C14H7Cl2NOS3/c15-10-2-1-7(4-11(10)16)8-3-9(20-6-8)5-12-13(18)17-14(19)21-12/h1-6H,(H,17,18,19). The van der Waals surface area contributed by atoms with Gasteiger partial charge in [-0.05, 0) is 40.8 Å². The van der Waals surface area contributed by atoms with Crippen LogP contribution in [-0.4, -0.2) is 10.2 Å². The molecule has 0 aliphatic carbocycles. The van der Waals surface area contributed by atoms with Crippen LogP contribution in [0.4, 0.5) is 0 Å². The molecule has 2 aromatic rings. The molecular weight excluding hydrogens is 365 g/mol. The van der Waals surface area contributed by atoms with Crippen LogP contribution in [0.2, 0.25) is 10.0 Å². The zero-order chi connectivity index (χ0) is 15.0. The molecule has 106 valence electrons. The van der Waals surface area contributed by atoms with Gasteiger partial charge in [-0.2, -0.15) is 0 Å². The van der Waals surface area contributed by atoms with E-state index in [0.717, 1.165) is 16.0 Å². The van der Waals surface area contributed by atoms with E-state index in [4.69, 9.17) is 35.4 Å². The van der Waals surface area contributed by atoms with Crippen molar-refractivity contribution in [2.24, 2.45) is 0 Å². The number of carbonyl (C=O) groups excluding carboxylic acids is 1. The summed E-state index contributed by atoms with van der Waals surface area (Å²) in [6.07, 6.45) is 1.84. The minimum Gasteiger partial charge on any atom is -0.307 e. The van der Waals surface area contributed by atoms with Crippen LogP contribution in [-0.2, 0) is 4.79 Å². The highest BCUT2D eigenvalue weighted by molar-refractivity contribution is 8.26. The molecule has 1 amide bonds. The first kappa shape index (κ1) is 15.1. The molecule has 1 saturated heterocycles. The number of thiocarbonyl (C=S) groups is 1. The fourth-order valence-corrected chi connectivity index (χ4v) is 4.06. The van der Waals surface area contributed by atoms with Crippen molar-refractivity contribution in [1.82, 2.24) is 5.32 Å². The number of hydrogen-bond acceptors (Lipinski definition) is 4. The number of rotatable bonds is 2. The normalized spacial score (nSPS) is 16.6. The molecular formula is C14H7Cl2NOS3. The lowest BCUT2D eigenvalue weighted by Crippen LogP contribution is -2.17. The first-order valence-electron chi connectivity index (χ1n) is 5.82. The fourth-order valence-electron chi connectivity index (χ4n) is 1.81. The molecule has 2 heterocycles. The number of halogens is 2. The van der Waals surface area contributed by atoms with Gasteiger partial charge in [-0.3, -0.25) is 4.79 Å². The van der Waals surface area contributed by atoms with Gasteiger partial charge in [0.2, 0.25) is 0 Å². The highest BCUT2D eigenvalue weighted by atomic mass is 35.5. The lowest BCUT2D eigenvalue weighted by atomic mass is 10.1. The Balaban J connectivity index is 1.90. The van der Waals surface area contributed by atoms with E-state index in [1.165, 1.54) is 11.8 Å². The maximum atomic E-state index is 11.6. The van der Waals surface area contributed by atoms with E-state index < -0.39 is 0 Å².